The van der Waals surface area contributed by atoms with E-state index in [1.807, 2.05) is 49.9 Å². The molecule has 140 valence electrons. The Hall–Kier alpha value is -2.37. The summed E-state index contributed by atoms with van der Waals surface area (Å²) in [6.07, 6.45) is 0.262. The first-order valence-electron chi connectivity index (χ1n) is 9.31. The second-order valence-corrected chi connectivity index (χ2v) is 7.55. The number of nitrogens with zero attached hydrogens (tertiary/aromatic N) is 3. The molecule has 0 saturated carbocycles. The van der Waals surface area contributed by atoms with Crippen LogP contribution in [0.25, 0.3) is 0 Å². The van der Waals surface area contributed by atoms with Crippen LogP contribution in [0.1, 0.15) is 25.8 Å². The molecule has 2 heterocycles. The predicted molar refractivity (Wildman–Crippen MR) is 99.6 cm³/mol. The van der Waals surface area contributed by atoms with Crippen molar-refractivity contribution < 1.29 is 14.4 Å². The van der Waals surface area contributed by atoms with Gasteiger partial charge in [-0.05, 0) is 19.1 Å². The summed E-state index contributed by atoms with van der Waals surface area (Å²) in [5.74, 6) is -0.145. The molecule has 1 aromatic carbocycles. The van der Waals surface area contributed by atoms with Crippen LogP contribution in [0, 0.1) is 18.8 Å². The van der Waals surface area contributed by atoms with E-state index in [0.717, 1.165) is 11.3 Å². The molecule has 0 N–H and O–H groups in total. The molecule has 26 heavy (non-hydrogen) atoms. The van der Waals surface area contributed by atoms with Gasteiger partial charge in [-0.25, -0.2) is 0 Å². The van der Waals surface area contributed by atoms with Crippen molar-refractivity contribution in [2.45, 2.75) is 27.2 Å². The Bertz CT molecular complexity index is 691. The van der Waals surface area contributed by atoms with Gasteiger partial charge in [-0.1, -0.05) is 31.5 Å². The fourth-order valence-electron chi connectivity index (χ4n) is 3.62. The molecule has 3 rings (SSSR count). The standard InChI is InChI=1S/C20H27N3O3/c1-14(2)19(25)21-8-10-22(11-9-21)20(26)16-12-18(24)23(13-16)17-6-4-15(3)5-7-17/h4-7,14,16H,8-13H2,1-3H3/t16-/m1/s1. The highest BCUT2D eigenvalue weighted by Gasteiger charge is 2.38. The molecule has 1 atom stereocenters. The first-order valence-corrected chi connectivity index (χ1v) is 9.31. The maximum atomic E-state index is 12.8. The van der Waals surface area contributed by atoms with Crippen LogP contribution in [0.2, 0.25) is 0 Å². The second kappa shape index (κ2) is 7.48. The van der Waals surface area contributed by atoms with Gasteiger partial charge in [-0.2, -0.15) is 0 Å². The van der Waals surface area contributed by atoms with Gasteiger partial charge in [0.1, 0.15) is 0 Å². The maximum Gasteiger partial charge on any atom is 0.228 e. The van der Waals surface area contributed by atoms with Crippen LogP contribution < -0.4 is 4.90 Å². The minimum absolute atomic E-state index is 0.000764. The van der Waals surface area contributed by atoms with Crippen molar-refractivity contribution in [2.24, 2.45) is 11.8 Å². The van der Waals surface area contributed by atoms with Gasteiger partial charge >= 0.3 is 0 Å². The summed E-state index contributed by atoms with van der Waals surface area (Å²) in [6.45, 7) is 8.47. The van der Waals surface area contributed by atoms with Gasteiger partial charge in [-0.3, -0.25) is 14.4 Å². The van der Waals surface area contributed by atoms with Crippen LogP contribution >= 0.6 is 0 Å². The Balaban J connectivity index is 1.59. The first kappa shape index (κ1) is 18.4. The Morgan fingerprint density at radius 1 is 1.00 bits per heavy atom. The molecule has 0 bridgehead atoms. The minimum atomic E-state index is -0.295. The molecule has 0 spiro atoms. The smallest absolute Gasteiger partial charge is 0.228 e. The van der Waals surface area contributed by atoms with E-state index in [0.29, 0.717) is 32.7 Å². The number of aryl methyl sites for hydroxylation is 1. The number of carbonyl (C=O) groups is 3. The number of carbonyl (C=O) groups excluding carboxylic acids is 3. The molecular weight excluding hydrogens is 330 g/mol. The molecule has 2 aliphatic heterocycles. The number of rotatable bonds is 3. The predicted octanol–water partition coefficient (Wildman–Crippen LogP) is 1.67. The number of hydrogen-bond acceptors (Lipinski definition) is 3. The Morgan fingerprint density at radius 2 is 1.58 bits per heavy atom. The SMILES string of the molecule is Cc1ccc(N2C[C@H](C(=O)N3CCN(C(=O)C(C)C)CC3)CC2=O)cc1. The summed E-state index contributed by atoms with van der Waals surface area (Å²) in [7, 11) is 0. The first-order chi connectivity index (χ1) is 12.4. The average molecular weight is 357 g/mol. The topological polar surface area (TPSA) is 60.9 Å². The van der Waals surface area contributed by atoms with Crippen molar-refractivity contribution in [1.82, 2.24) is 9.80 Å². The molecule has 0 unspecified atom stereocenters. The molecular formula is C20H27N3O3. The minimum Gasteiger partial charge on any atom is -0.339 e. The fourth-order valence-corrected chi connectivity index (χ4v) is 3.62. The normalized spacial score (nSPS) is 20.8. The Kier molecular flexibility index (Phi) is 5.30. The number of benzene rings is 1. The van der Waals surface area contributed by atoms with Crippen molar-refractivity contribution in [3.63, 3.8) is 0 Å². The monoisotopic (exact) mass is 357 g/mol. The molecule has 6 nitrogen and oxygen atoms in total. The van der Waals surface area contributed by atoms with Gasteiger partial charge in [-0.15, -0.1) is 0 Å². The van der Waals surface area contributed by atoms with Gasteiger partial charge in [0.15, 0.2) is 0 Å². The lowest BCUT2D eigenvalue weighted by Crippen LogP contribution is -2.53. The van der Waals surface area contributed by atoms with Crippen molar-refractivity contribution >= 4 is 23.4 Å². The average Bonchev–Trinajstić information content (AvgIpc) is 3.03. The third-order valence-corrected chi connectivity index (χ3v) is 5.22. The van der Waals surface area contributed by atoms with E-state index in [4.69, 9.17) is 0 Å². The zero-order chi connectivity index (χ0) is 18.8. The summed E-state index contributed by atoms with van der Waals surface area (Å²) < 4.78 is 0. The van der Waals surface area contributed by atoms with Crippen LogP contribution in [0.5, 0.6) is 0 Å². The highest BCUT2D eigenvalue weighted by molar-refractivity contribution is 6.00. The molecule has 0 radical (unpaired) electrons. The summed E-state index contributed by atoms with van der Waals surface area (Å²) in [6, 6.07) is 7.80. The van der Waals surface area contributed by atoms with Gasteiger partial charge in [0.25, 0.3) is 0 Å². The maximum absolute atomic E-state index is 12.8. The molecule has 2 fully saturated rings. The lowest BCUT2D eigenvalue weighted by molar-refractivity contribution is -0.143. The molecule has 0 aliphatic carbocycles. The lowest BCUT2D eigenvalue weighted by Gasteiger charge is -2.36. The largest absolute Gasteiger partial charge is 0.339 e. The van der Waals surface area contributed by atoms with E-state index in [1.165, 1.54) is 0 Å². The number of amides is 3. The zero-order valence-corrected chi connectivity index (χ0v) is 15.8. The summed E-state index contributed by atoms with van der Waals surface area (Å²) in [5.41, 5.74) is 1.99. The summed E-state index contributed by atoms with van der Waals surface area (Å²) in [4.78, 5) is 42.6. The van der Waals surface area contributed by atoms with Crippen LogP contribution in [-0.2, 0) is 14.4 Å². The van der Waals surface area contributed by atoms with E-state index in [1.54, 1.807) is 9.80 Å². The zero-order valence-electron chi connectivity index (χ0n) is 15.8. The number of hydrogen-bond donors (Lipinski definition) is 0. The van der Waals surface area contributed by atoms with Gasteiger partial charge in [0.2, 0.25) is 17.7 Å². The van der Waals surface area contributed by atoms with Crippen LogP contribution in [0.15, 0.2) is 24.3 Å². The molecule has 2 saturated heterocycles. The van der Waals surface area contributed by atoms with Crippen LogP contribution in [-0.4, -0.2) is 60.2 Å². The highest BCUT2D eigenvalue weighted by atomic mass is 16.2. The van der Waals surface area contributed by atoms with Gasteiger partial charge in [0.05, 0.1) is 5.92 Å². The van der Waals surface area contributed by atoms with Crippen molar-refractivity contribution in [1.29, 1.82) is 0 Å². The number of piperazine rings is 1. The van der Waals surface area contributed by atoms with Crippen molar-refractivity contribution in [2.75, 3.05) is 37.6 Å². The van der Waals surface area contributed by atoms with Crippen molar-refractivity contribution in [3.05, 3.63) is 29.8 Å². The van der Waals surface area contributed by atoms with E-state index < -0.39 is 0 Å². The van der Waals surface area contributed by atoms with Gasteiger partial charge in [0, 0.05) is 50.7 Å². The molecule has 3 amide bonds. The Labute approximate surface area is 154 Å². The van der Waals surface area contributed by atoms with E-state index in [9.17, 15) is 14.4 Å². The van der Waals surface area contributed by atoms with Crippen LogP contribution in [0.4, 0.5) is 5.69 Å². The van der Waals surface area contributed by atoms with E-state index in [2.05, 4.69) is 0 Å². The number of anilines is 1. The fraction of sp³-hybridized carbons (Fsp3) is 0.550. The molecule has 2 aliphatic rings. The lowest BCUT2D eigenvalue weighted by atomic mass is 10.1. The van der Waals surface area contributed by atoms with Gasteiger partial charge < -0.3 is 14.7 Å². The summed E-state index contributed by atoms with van der Waals surface area (Å²) in [5, 5.41) is 0. The third kappa shape index (κ3) is 3.74. The molecule has 1 aromatic rings. The van der Waals surface area contributed by atoms with Crippen molar-refractivity contribution in [3.8, 4) is 0 Å². The van der Waals surface area contributed by atoms with E-state index in [-0.39, 0.29) is 36.0 Å². The van der Waals surface area contributed by atoms with Crippen LogP contribution in [0.3, 0.4) is 0 Å². The quantitative estimate of drug-likeness (QED) is 0.827. The second-order valence-electron chi connectivity index (χ2n) is 7.55. The third-order valence-electron chi connectivity index (χ3n) is 5.22. The Morgan fingerprint density at radius 3 is 2.15 bits per heavy atom. The summed E-state index contributed by atoms with van der Waals surface area (Å²) >= 11 is 0. The molecule has 6 heteroatoms. The molecule has 0 aromatic heterocycles. The van der Waals surface area contributed by atoms with E-state index >= 15 is 0 Å². The highest BCUT2D eigenvalue weighted by Crippen LogP contribution is 2.27.